The van der Waals surface area contributed by atoms with Gasteiger partial charge in [-0.05, 0) is 64.7 Å². The van der Waals surface area contributed by atoms with Crippen LogP contribution in [-0.4, -0.2) is 23.8 Å². The van der Waals surface area contributed by atoms with Crippen LogP contribution >= 0.6 is 11.3 Å². The standard InChI is InChI=1S/C20H25F3N2O2S/c1-19(2,3)27-18(26)25-13-9-7-12(8-10-13)24-15-5-4-6-16-14(15)11-17(28-16)20(21,22)23/h4-6,11-13,24H,7-10H2,1-3H3,(H,25,26). The van der Waals surface area contributed by atoms with Crippen LogP contribution in [0.15, 0.2) is 24.3 Å². The van der Waals surface area contributed by atoms with Gasteiger partial charge in [-0.2, -0.15) is 13.2 Å². The van der Waals surface area contributed by atoms with Crippen molar-refractivity contribution in [1.82, 2.24) is 5.32 Å². The summed E-state index contributed by atoms with van der Waals surface area (Å²) in [5.74, 6) is 0. The van der Waals surface area contributed by atoms with Crippen LogP contribution in [0.4, 0.5) is 23.7 Å². The second-order valence-corrected chi connectivity index (χ2v) is 9.25. The minimum Gasteiger partial charge on any atom is -0.444 e. The van der Waals surface area contributed by atoms with Crippen molar-refractivity contribution in [1.29, 1.82) is 0 Å². The van der Waals surface area contributed by atoms with Gasteiger partial charge in [0.2, 0.25) is 0 Å². The molecule has 0 radical (unpaired) electrons. The molecule has 3 rings (SSSR count). The SMILES string of the molecule is CC(C)(C)OC(=O)NC1CCC(Nc2cccc3sc(C(F)(F)F)cc23)CC1. The van der Waals surface area contributed by atoms with Crippen molar-refractivity contribution in [3.63, 3.8) is 0 Å². The van der Waals surface area contributed by atoms with Gasteiger partial charge < -0.3 is 15.4 Å². The highest BCUT2D eigenvalue weighted by Crippen LogP contribution is 2.40. The lowest BCUT2D eigenvalue weighted by atomic mass is 9.91. The number of hydrogen-bond acceptors (Lipinski definition) is 4. The number of amides is 1. The number of carbonyl (C=O) groups is 1. The molecule has 2 N–H and O–H groups in total. The molecule has 0 atom stereocenters. The van der Waals surface area contributed by atoms with Crippen LogP contribution < -0.4 is 10.6 Å². The zero-order valence-electron chi connectivity index (χ0n) is 16.2. The topological polar surface area (TPSA) is 50.4 Å². The summed E-state index contributed by atoms with van der Waals surface area (Å²) in [6.07, 6.45) is -1.49. The molecule has 1 aromatic carbocycles. The summed E-state index contributed by atoms with van der Waals surface area (Å²) < 4.78 is 44.9. The number of benzene rings is 1. The number of thiophene rings is 1. The van der Waals surface area contributed by atoms with E-state index < -0.39 is 22.7 Å². The number of alkyl halides is 3. The molecular formula is C20H25F3N2O2S. The Morgan fingerprint density at radius 1 is 1.11 bits per heavy atom. The van der Waals surface area contributed by atoms with Crippen molar-refractivity contribution in [3.05, 3.63) is 29.1 Å². The van der Waals surface area contributed by atoms with E-state index in [-0.39, 0.29) is 12.1 Å². The summed E-state index contributed by atoms with van der Waals surface area (Å²) in [5, 5.41) is 6.90. The highest BCUT2D eigenvalue weighted by molar-refractivity contribution is 7.19. The molecule has 0 bridgehead atoms. The van der Waals surface area contributed by atoms with Gasteiger partial charge in [-0.1, -0.05) is 6.07 Å². The summed E-state index contributed by atoms with van der Waals surface area (Å²) in [5.41, 5.74) is 0.199. The van der Waals surface area contributed by atoms with Gasteiger partial charge in [0.05, 0.1) is 0 Å². The Morgan fingerprint density at radius 3 is 2.36 bits per heavy atom. The smallest absolute Gasteiger partial charge is 0.425 e. The van der Waals surface area contributed by atoms with E-state index in [0.29, 0.717) is 10.1 Å². The predicted octanol–water partition coefficient (Wildman–Crippen LogP) is 6.17. The monoisotopic (exact) mass is 414 g/mol. The normalized spacial score (nSPS) is 20.8. The van der Waals surface area contributed by atoms with Gasteiger partial charge in [0.15, 0.2) is 0 Å². The average molecular weight is 414 g/mol. The van der Waals surface area contributed by atoms with Gasteiger partial charge >= 0.3 is 12.3 Å². The molecule has 0 spiro atoms. The number of hydrogen-bond donors (Lipinski definition) is 2. The lowest BCUT2D eigenvalue weighted by Gasteiger charge is -2.31. The Morgan fingerprint density at radius 2 is 1.75 bits per heavy atom. The largest absolute Gasteiger partial charge is 0.444 e. The van der Waals surface area contributed by atoms with Crippen LogP contribution in [0.3, 0.4) is 0 Å². The van der Waals surface area contributed by atoms with Gasteiger partial charge in [-0.15, -0.1) is 11.3 Å². The number of anilines is 1. The Balaban J connectivity index is 1.59. The van der Waals surface area contributed by atoms with E-state index in [0.717, 1.165) is 42.7 Å². The quantitative estimate of drug-likeness (QED) is 0.632. The molecule has 1 saturated carbocycles. The second kappa shape index (κ2) is 7.81. The molecule has 1 amide bonds. The van der Waals surface area contributed by atoms with Crippen molar-refractivity contribution < 1.29 is 22.7 Å². The van der Waals surface area contributed by atoms with Gasteiger partial charge in [0.25, 0.3) is 0 Å². The fourth-order valence-corrected chi connectivity index (χ4v) is 4.36. The first kappa shape index (κ1) is 20.8. The number of rotatable bonds is 3. The summed E-state index contributed by atoms with van der Waals surface area (Å²) in [6.45, 7) is 5.47. The van der Waals surface area contributed by atoms with Crippen molar-refractivity contribution in [2.75, 3.05) is 5.32 Å². The highest BCUT2D eigenvalue weighted by Gasteiger charge is 2.33. The second-order valence-electron chi connectivity index (χ2n) is 8.16. The van der Waals surface area contributed by atoms with Crippen LogP contribution in [0, 0.1) is 0 Å². The molecule has 4 nitrogen and oxygen atoms in total. The van der Waals surface area contributed by atoms with E-state index in [1.807, 2.05) is 26.8 Å². The number of halogens is 3. The Bertz CT molecular complexity index is 834. The van der Waals surface area contributed by atoms with Crippen LogP contribution in [0.2, 0.25) is 0 Å². The zero-order valence-corrected chi connectivity index (χ0v) is 17.0. The maximum Gasteiger partial charge on any atom is 0.425 e. The van der Waals surface area contributed by atoms with Crippen molar-refractivity contribution in [2.45, 2.75) is 70.3 Å². The highest BCUT2D eigenvalue weighted by atomic mass is 32.1. The van der Waals surface area contributed by atoms with Crippen LogP contribution in [0.1, 0.15) is 51.3 Å². The van der Waals surface area contributed by atoms with E-state index in [4.69, 9.17) is 4.74 Å². The summed E-state index contributed by atoms with van der Waals surface area (Å²) in [7, 11) is 0. The van der Waals surface area contributed by atoms with Gasteiger partial charge in [-0.25, -0.2) is 4.79 Å². The third-order valence-corrected chi connectivity index (χ3v) is 5.79. The molecule has 154 valence electrons. The third-order valence-electron chi connectivity index (χ3n) is 4.65. The van der Waals surface area contributed by atoms with E-state index in [2.05, 4.69) is 10.6 Å². The van der Waals surface area contributed by atoms with E-state index >= 15 is 0 Å². The molecule has 1 aliphatic carbocycles. The minimum absolute atomic E-state index is 0.0571. The number of alkyl carbamates (subject to hydrolysis) is 1. The lowest BCUT2D eigenvalue weighted by molar-refractivity contribution is -0.134. The zero-order chi connectivity index (χ0) is 20.5. The summed E-state index contributed by atoms with van der Waals surface area (Å²) >= 11 is 0.766. The average Bonchev–Trinajstić information content (AvgIpc) is 3.00. The van der Waals surface area contributed by atoms with E-state index in [9.17, 15) is 18.0 Å². The Kier molecular flexibility index (Phi) is 5.79. The third kappa shape index (κ3) is 5.31. The fraction of sp³-hybridized carbons (Fsp3) is 0.550. The molecule has 2 aromatic rings. The van der Waals surface area contributed by atoms with E-state index in [1.165, 1.54) is 6.07 Å². The van der Waals surface area contributed by atoms with Crippen molar-refractivity contribution in [2.24, 2.45) is 0 Å². The maximum absolute atomic E-state index is 13.0. The van der Waals surface area contributed by atoms with Crippen LogP contribution in [-0.2, 0) is 10.9 Å². The number of fused-ring (bicyclic) bond motifs is 1. The van der Waals surface area contributed by atoms with Crippen LogP contribution in [0.5, 0.6) is 0 Å². The molecule has 1 aliphatic rings. The molecule has 0 saturated heterocycles. The summed E-state index contributed by atoms with van der Waals surface area (Å²) in [4.78, 5) is 11.3. The molecular weight excluding hydrogens is 389 g/mol. The molecule has 28 heavy (non-hydrogen) atoms. The van der Waals surface area contributed by atoms with Crippen LogP contribution in [0.25, 0.3) is 10.1 Å². The number of nitrogens with one attached hydrogen (secondary N) is 2. The minimum atomic E-state index is -4.33. The Hall–Kier alpha value is -1.96. The van der Waals surface area contributed by atoms with Crippen molar-refractivity contribution in [3.8, 4) is 0 Å². The first-order valence-corrected chi connectivity index (χ1v) is 10.2. The number of carbonyl (C=O) groups excluding carboxylic acids is 1. The van der Waals surface area contributed by atoms with E-state index in [1.54, 1.807) is 12.1 Å². The summed E-state index contributed by atoms with van der Waals surface area (Å²) in [6, 6.07) is 6.75. The predicted molar refractivity (Wildman–Crippen MR) is 106 cm³/mol. The molecule has 1 heterocycles. The van der Waals surface area contributed by atoms with Crippen molar-refractivity contribution >= 4 is 33.2 Å². The molecule has 8 heteroatoms. The lowest BCUT2D eigenvalue weighted by Crippen LogP contribution is -2.42. The fourth-order valence-electron chi connectivity index (χ4n) is 3.40. The van der Waals surface area contributed by atoms with Gasteiger partial charge in [-0.3, -0.25) is 0 Å². The molecule has 1 aromatic heterocycles. The molecule has 0 unspecified atom stereocenters. The first-order valence-electron chi connectivity index (χ1n) is 9.37. The number of ether oxygens (including phenoxy) is 1. The van der Waals surface area contributed by atoms with Gasteiger partial charge in [0.1, 0.15) is 10.5 Å². The first-order chi connectivity index (χ1) is 13.0. The molecule has 1 fully saturated rings. The Labute approximate surface area is 166 Å². The molecule has 0 aliphatic heterocycles. The maximum atomic E-state index is 13.0. The van der Waals surface area contributed by atoms with Gasteiger partial charge in [0, 0.05) is 27.9 Å².